The highest BCUT2D eigenvalue weighted by atomic mass is 35.5. The van der Waals surface area contributed by atoms with E-state index in [1.165, 1.54) is 0 Å². The third-order valence-electron chi connectivity index (χ3n) is 3.39. The maximum Gasteiger partial charge on any atom is 0.253 e. The number of ether oxygens (including phenoxy) is 3. The first-order valence-corrected chi connectivity index (χ1v) is 7.15. The molecule has 1 saturated heterocycles. The summed E-state index contributed by atoms with van der Waals surface area (Å²) in [6.07, 6.45) is 1.07. The highest BCUT2D eigenvalue weighted by molar-refractivity contribution is 5.94. The van der Waals surface area contributed by atoms with Gasteiger partial charge in [-0.05, 0) is 31.9 Å². The lowest BCUT2D eigenvalue weighted by Crippen LogP contribution is -2.29. The second kappa shape index (κ2) is 8.82. The van der Waals surface area contributed by atoms with Crippen LogP contribution in [0, 0.1) is 0 Å². The van der Waals surface area contributed by atoms with Crippen LogP contribution in [0.3, 0.4) is 0 Å². The van der Waals surface area contributed by atoms with Crippen molar-refractivity contribution in [3.8, 4) is 11.5 Å². The van der Waals surface area contributed by atoms with Crippen LogP contribution in [0.15, 0.2) is 18.2 Å². The molecule has 0 unspecified atom stereocenters. The van der Waals surface area contributed by atoms with E-state index in [0.29, 0.717) is 36.8 Å². The van der Waals surface area contributed by atoms with Crippen molar-refractivity contribution in [2.45, 2.75) is 32.0 Å². The number of benzene rings is 1. The Kier molecular flexibility index (Phi) is 7.44. The topological polar surface area (TPSA) is 82.8 Å². The van der Waals surface area contributed by atoms with Gasteiger partial charge in [-0.15, -0.1) is 12.4 Å². The zero-order valence-electron chi connectivity index (χ0n) is 12.8. The summed E-state index contributed by atoms with van der Waals surface area (Å²) in [7, 11) is 1.58. The molecule has 1 aromatic rings. The molecule has 1 amide bonds. The maximum atomic E-state index is 12.2. The molecule has 6 nitrogen and oxygen atoms in total. The van der Waals surface area contributed by atoms with Crippen molar-refractivity contribution in [3.05, 3.63) is 18.2 Å². The maximum absolute atomic E-state index is 12.2. The smallest absolute Gasteiger partial charge is 0.253 e. The van der Waals surface area contributed by atoms with Crippen molar-refractivity contribution in [1.29, 1.82) is 0 Å². The third kappa shape index (κ3) is 4.50. The Balaban J connectivity index is 0.00000242. The zero-order chi connectivity index (χ0) is 15.2. The van der Waals surface area contributed by atoms with E-state index in [-0.39, 0.29) is 24.4 Å². The Hall–Kier alpha value is -1.50. The summed E-state index contributed by atoms with van der Waals surface area (Å²) in [5, 5.41) is 2.84. The lowest BCUT2D eigenvalue weighted by Gasteiger charge is -2.14. The molecule has 1 fully saturated rings. The molecular weight excluding hydrogens is 308 g/mol. The third-order valence-corrected chi connectivity index (χ3v) is 3.39. The van der Waals surface area contributed by atoms with Crippen LogP contribution in [-0.2, 0) is 9.53 Å². The monoisotopic (exact) mass is 330 g/mol. The average Bonchev–Trinajstić information content (AvgIpc) is 2.97. The van der Waals surface area contributed by atoms with E-state index in [9.17, 15) is 4.79 Å². The normalized spacial score (nSPS) is 20.1. The van der Waals surface area contributed by atoms with E-state index >= 15 is 0 Å². The molecule has 22 heavy (non-hydrogen) atoms. The Morgan fingerprint density at radius 1 is 1.41 bits per heavy atom. The molecule has 0 radical (unpaired) electrons. The lowest BCUT2D eigenvalue weighted by molar-refractivity contribution is -0.126. The van der Waals surface area contributed by atoms with Crippen molar-refractivity contribution < 1.29 is 19.0 Å². The number of carbonyl (C=O) groups excluding carboxylic acids is 1. The number of hydrogen-bond acceptors (Lipinski definition) is 5. The van der Waals surface area contributed by atoms with Gasteiger partial charge in [-0.25, -0.2) is 0 Å². The first-order chi connectivity index (χ1) is 10.2. The van der Waals surface area contributed by atoms with Gasteiger partial charge >= 0.3 is 0 Å². The highest BCUT2D eigenvalue weighted by Gasteiger charge is 2.29. The van der Waals surface area contributed by atoms with Gasteiger partial charge in [0, 0.05) is 18.3 Å². The van der Waals surface area contributed by atoms with Gasteiger partial charge in [0.15, 0.2) is 11.5 Å². The molecule has 3 N–H and O–H groups in total. The zero-order valence-corrected chi connectivity index (χ0v) is 13.7. The highest BCUT2D eigenvalue weighted by Crippen LogP contribution is 2.30. The van der Waals surface area contributed by atoms with Crippen LogP contribution in [-0.4, -0.2) is 38.4 Å². The van der Waals surface area contributed by atoms with Crippen molar-refractivity contribution >= 4 is 24.0 Å². The molecule has 1 aliphatic rings. The van der Waals surface area contributed by atoms with Crippen LogP contribution in [0.4, 0.5) is 5.69 Å². The largest absolute Gasteiger partial charge is 0.493 e. The molecule has 0 bridgehead atoms. The van der Waals surface area contributed by atoms with Crippen LogP contribution in [0.5, 0.6) is 11.5 Å². The Bertz CT molecular complexity index is 498. The van der Waals surface area contributed by atoms with Crippen molar-refractivity contribution in [2.24, 2.45) is 5.73 Å². The minimum atomic E-state index is -0.434. The van der Waals surface area contributed by atoms with Crippen LogP contribution in [0.1, 0.15) is 19.8 Å². The van der Waals surface area contributed by atoms with Crippen molar-refractivity contribution in [3.63, 3.8) is 0 Å². The molecule has 7 heteroatoms. The van der Waals surface area contributed by atoms with Crippen LogP contribution < -0.4 is 20.5 Å². The number of halogens is 1. The number of amides is 1. The standard InChI is InChI=1S/C15H22N2O4.ClH/c1-3-20-14-8-10(4-6-12(14)19-2)17-15(18)13-7-5-11(9-16)21-13;/h4,6,8,11,13H,3,5,7,9,16H2,1-2H3,(H,17,18);1H/t11-,13+;/m1./s1. The summed E-state index contributed by atoms with van der Waals surface area (Å²) in [5.74, 6) is 1.08. The number of methoxy groups -OCH3 is 1. The second-order valence-electron chi connectivity index (χ2n) is 4.85. The number of hydrogen-bond donors (Lipinski definition) is 2. The molecule has 0 aliphatic carbocycles. The minimum absolute atomic E-state index is 0. The summed E-state index contributed by atoms with van der Waals surface area (Å²) in [4.78, 5) is 12.2. The van der Waals surface area contributed by atoms with E-state index in [0.717, 1.165) is 6.42 Å². The molecule has 0 spiro atoms. The van der Waals surface area contributed by atoms with E-state index in [1.54, 1.807) is 25.3 Å². The first-order valence-electron chi connectivity index (χ1n) is 7.15. The predicted octanol–water partition coefficient (Wildman–Crippen LogP) is 1.96. The molecule has 0 saturated carbocycles. The number of nitrogens with one attached hydrogen (secondary N) is 1. The predicted molar refractivity (Wildman–Crippen MR) is 87.0 cm³/mol. The summed E-state index contributed by atoms with van der Waals surface area (Å²) in [5.41, 5.74) is 6.20. The number of carbonyl (C=O) groups is 1. The van der Waals surface area contributed by atoms with E-state index in [1.807, 2.05) is 6.92 Å². The quantitative estimate of drug-likeness (QED) is 0.833. The molecule has 2 rings (SSSR count). The van der Waals surface area contributed by atoms with Gasteiger partial charge in [0.1, 0.15) is 6.10 Å². The summed E-state index contributed by atoms with van der Waals surface area (Å²) >= 11 is 0. The minimum Gasteiger partial charge on any atom is -0.493 e. The SMILES string of the molecule is CCOc1cc(NC(=O)[C@@H]2CC[C@H](CN)O2)ccc1OC.Cl. The van der Waals surface area contributed by atoms with E-state index < -0.39 is 6.10 Å². The number of anilines is 1. The lowest BCUT2D eigenvalue weighted by atomic mass is 10.2. The van der Waals surface area contributed by atoms with Crippen LogP contribution in [0.2, 0.25) is 0 Å². The average molecular weight is 331 g/mol. The van der Waals surface area contributed by atoms with Gasteiger partial charge in [-0.3, -0.25) is 4.79 Å². The van der Waals surface area contributed by atoms with Gasteiger partial charge in [0.05, 0.1) is 19.8 Å². The van der Waals surface area contributed by atoms with Crippen LogP contribution >= 0.6 is 12.4 Å². The van der Waals surface area contributed by atoms with Gasteiger partial charge in [0.25, 0.3) is 5.91 Å². The fraction of sp³-hybridized carbons (Fsp3) is 0.533. The Morgan fingerprint density at radius 3 is 2.77 bits per heavy atom. The van der Waals surface area contributed by atoms with E-state index in [4.69, 9.17) is 19.9 Å². The second-order valence-corrected chi connectivity index (χ2v) is 4.85. The molecular formula is C15H23ClN2O4. The van der Waals surface area contributed by atoms with Crippen LogP contribution in [0.25, 0.3) is 0 Å². The molecule has 124 valence electrons. The Morgan fingerprint density at radius 2 is 2.18 bits per heavy atom. The van der Waals surface area contributed by atoms with E-state index in [2.05, 4.69) is 5.32 Å². The molecule has 2 atom stereocenters. The molecule has 0 aromatic heterocycles. The van der Waals surface area contributed by atoms with Gasteiger partial charge in [-0.1, -0.05) is 0 Å². The molecule has 1 aromatic carbocycles. The fourth-order valence-corrected chi connectivity index (χ4v) is 2.32. The van der Waals surface area contributed by atoms with Gasteiger partial charge < -0.3 is 25.3 Å². The first kappa shape index (κ1) is 18.5. The summed E-state index contributed by atoms with van der Waals surface area (Å²) in [6, 6.07) is 5.28. The Labute approximate surface area is 136 Å². The number of nitrogens with two attached hydrogens (primary N) is 1. The summed E-state index contributed by atoms with van der Waals surface area (Å²) in [6.45, 7) is 2.86. The summed E-state index contributed by atoms with van der Waals surface area (Å²) < 4.78 is 16.3. The van der Waals surface area contributed by atoms with Gasteiger partial charge in [0.2, 0.25) is 0 Å². The molecule has 1 aliphatic heterocycles. The van der Waals surface area contributed by atoms with Crippen molar-refractivity contribution in [2.75, 3.05) is 25.6 Å². The fourth-order valence-electron chi connectivity index (χ4n) is 2.32. The van der Waals surface area contributed by atoms with Gasteiger partial charge in [-0.2, -0.15) is 0 Å². The molecule has 1 heterocycles. The van der Waals surface area contributed by atoms with Crippen molar-refractivity contribution in [1.82, 2.24) is 0 Å². The number of rotatable bonds is 6.